The lowest BCUT2D eigenvalue weighted by Crippen LogP contribution is -2.23. The van der Waals surface area contributed by atoms with Gasteiger partial charge in [0.1, 0.15) is 5.82 Å². The zero-order chi connectivity index (χ0) is 15.4. The van der Waals surface area contributed by atoms with E-state index >= 15 is 0 Å². The molecule has 1 N–H and O–H groups in total. The minimum atomic E-state index is -0.291. The van der Waals surface area contributed by atoms with Gasteiger partial charge in [0, 0.05) is 14.5 Å². The summed E-state index contributed by atoms with van der Waals surface area (Å²) >= 11 is 15.7. The van der Waals surface area contributed by atoms with Crippen molar-refractivity contribution < 1.29 is 4.39 Å². The SMILES string of the molecule is CCCNC(c1cc(F)cc(Br)c1)c1cc(Cl)ccc1Cl. The molecule has 0 heterocycles. The van der Waals surface area contributed by atoms with Crippen molar-refractivity contribution in [3.8, 4) is 0 Å². The Labute approximate surface area is 142 Å². The van der Waals surface area contributed by atoms with Crippen molar-refractivity contribution in [2.24, 2.45) is 0 Å². The summed E-state index contributed by atoms with van der Waals surface area (Å²) in [5.41, 5.74) is 1.65. The Hall–Kier alpha value is -0.610. The molecule has 2 rings (SSSR count). The van der Waals surface area contributed by atoms with E-state index < -0.39 is 0 Å². The van der Waals surface area contributed by atoms with Gasteiger partial charge in [-0.2, -0.15) is 0 Å². The predicted molar refractivity (Wildman–Crippen MR) is 90.7 cm³/mol. The van der Waals surface area contributed by atoms with Crippen LogP contribution in [0.4, 0.5) is 4.39 Å². The molecular weight excluding hydrogens is 376 g/mol. The third-order valence-electron chi connectivity index (χ3n) is 3.09. The molecule has 0 amide bonds. The summed E-state index contributed by atoms with van der Waals surface area (Å²) in [6.07, 6.45) is 0.963. The highest BCUT2D eigenvalue weighted by Crippen LogP contribution is 2.32. The standard InChI is InChI=1S/C16H15BrCl2FN/c1-2-5-21-16(10-6-11(17)8-13(20)7-10)14-9-12(18)3-4-15(14)19/h3-4,6-9,16,21H,2,5H2,1H3. The van der Waals surface area contributed by atoms with Crippen LogP contribution in [0.1, 0.15) is 30.5 Å². The van der Waals surface area contributed by atoms with E-state index in [9.17, 15) is 4.39 Å². The molecule has 0 saturated carbocycles. The molecule has 0 bridgehead atoms. The van der Waals surface area contributed by atoms with Crippen molar-refractivity contribution in [1.82, 2.24) is 5.32 Å². The molecule has 0 aromatic heterocycles. The van der Waals surface area contributed by atoms with Crippen LogP contribution in [0.5, 0.6) is 0 Å². The quantitative estimate of drug-likeness (QED) is 0.661. The minimum Gasteiger partial charge on any atom is -0.306 e. The lowest BCUT2D eigenvalue weighted by Gasteiger charge is -2.21. The van der Waals surface area contributed by atoms with Crippen molar-refractivity contribution in [3.63, 3.8) is 0 Å². The molecule has 5 heteroatoms. The van der Waals surface area contributed by atoms with Gasteiger partial charge in [-0.15, -0.1) is 0 Å². The Bertz CT molecular complexity index is 613. The molecule has 0 aliphatic heterocycles. The van der Waals surface area contributed by atoms with Crippen LogP contribution >= 0.6 is 39.1 Å². The van der Waals surface area contributed by atoms with E-state index in [4.69, 9.17) is 23.2 Å². The fourth-order valence-corrected chi connectivity index (χ4v) is 3.06. The Morgan fingerprint density at radius 2 is 1.95 bits per heavy atom. The second-order valence-corrected chi connectivity index (χ2v) is 6.52. The predicted octanol–water partition coefficient (Wildman–Crippen LogP) is 5.98. The molecule has 0 fully saturated rings. The highest BCUT2D eigenvalue weighted by atomic mass is 79.9. The fraction of sp³-hybridized carbons (Fsp3) is 0.250. The molecule has 0 aliphatic rings. The van der Waals surface area contributed by atoms with Crippen molar-refractivity contribution in [1.29, 1.82) is 0 Å². The molecule has 0 saturated heterocycles. The zero-order valence-corrected chi connectivity index (χ0v) is 14.6. The summed E-state index contributed by atoms with van der Waals surface area (Å²) in [7, 11) is 0. The van der Waals surface area contributed by atoms with Crippen molar-refractivity contribution in [2.45, 2.75) is 19.4 Å². The summed E-state index contributed by atoms with van der Waals surface area (Å²) < 4.78 is 14.4. The zero-order valence-electron chi connectivity index (χ0n) is 11.5. The van der Waals surface area contributed by atoms with Crippen molar-refractivity contribution in [2.75, 3.05) is 6.54 Å². The number of hydrogen-bond donors (Lipinski definition) is 1. The number of nitrogens with one attached hydrogen (secondary N) is 1. The maximum absolute atomic E-state index is 13.7. The van der Waals surface area contributed by atoms with Gasteiger partial charge in [0.25, 0.3) is 0 Å². The van der Waals surface area contributed by atoms with Gasteiger partial charge in [-0.3, -0.25) is 0 Å². The summed E-state index contributed by atoms with van der Waals surface area (Å²) in [5, 5.41) is 4.60. The van der Waals surface area contributed by atoms with Crippen LogP contribution in [0.3, 0.4) is 0 Å². The second kappa shape index (κ2) is 7.59. The lowest BCUT2D eigenvalue weighted by molar-refractivity contribution is 0.585. The van der Waals surface area contributed by atoms with Crippen LogP contribution in [-0.4, -0.2) is 6.54 Å². The summed E-state index contributed by atoms with van der Waals surface area (Å²) in [5.74, 6) is -0.291. The third kappa shape index (κ3) is 4.43. The molecule has 21 heavy (non-hydrogen) atoms. The molecular formula is C16H15BrCl2FN. The summed E-state index contributed by atoms with van der Waals surface area (Å²) in [6, 6.07) is 9.93. The van der Waals surface area contributed by atoms with Crippen molar-refractivity contribution in [3.05, 3.63) is 67.9 Å². The van der Waals surface area contributed by atoms with E-state index in [-0.39, 0.29) is 11.9 Å². The Morgan fingerprint density at radius 3 is 2.62 bits per heavy atom. The highest BCUT2D eigenvalue weighted by molar-refractivity contribution is 9.10. The maximum atomic E-state index is 13.7. The van der Waals surface area contributed by atoms with E-state index in [0.29, 0.717) is 14.5 Å². The van der Waals surface area contributed by atoms with Crippen LogP contribution in [0.25, 0.3) is 0 Å². The number of rotatable bonds is 5. The average molecular weight is 391 g/mol. The number of halogens is 4. The van der Waals surface area contributed by atoms with Gasteiger partial charge in [-0.1, -0.05) is 46.1 Å². The van der Waals surface area contributed by atoms with E-state index in [0.717, 1.165) is 24.1 Å². The monoisotopic (exact) mass is 389 g/mol. The van der Waals surface area contributed by atoms with Crippen molar-refractivity contribution >= 4 is 39.1 Å². The number of hydrogen-bond acceptors (Lipinski definition) is 1. The molecule has 1 nitrogen and oxygen atoms in total. The Kier molecular flexibility index (Phi) is 6.06. The average Bonchev–Trinajstić information content (AvgIpc) is 2.42. The van der Waals surface area contributed by atoms with Gasteiger partial charge in [-0.25, -0.2) is 4.39 Å². The maximum Gasteiger partial charge on any atom is 0.124 e. The molecule has 112 valence electrons. The second-order valence-electron chi connectivity index (χ2n) is 4.76. The van der Waals surface area contributed by atoms with E-state index in [1.807, 2.05) is 12.1 Å². The first kappa shape index (κ1) is 16.8. The minimum absolute atomic E-state index is 0.205. The van der Waals surface area contributed by atoms with Gasteiger partial charge >= 0.3 is 0 Å². The summed E-state index contributed by atoms with van der Waals surface area (Å²) in [6.45, 7) is 2.87. The molecule has 2 aromatic rings. The fourth-order valence-electron chi connectivity index (χ4n) is 2.17. The molecule has 0 aliphatic carbocycles. The molecule has 2 aromatic carbocycles. The Balaban J connectivity index is 2.49. The molecule has 1 atom stereocenters. The van der Waals surface area contributed by atoms with Crippen LogP contribution in [0.2, 0.25) is 10.0 Å². The Morgan fingerprint density at radius 1 is 1.19 bits per heavy atom. The largest absolute Gasteiger partial charge is 0.306 e. The van der Waals surface area contributed by atoms with Gasteiger partial charge < -0.3 is 5.32 Å². The molecule has 0 spiro atoms. The third-order valence-corrected chi connectivity index (χ3v) is 4.12. The van der Waals surface area contributed by atoms with Gasteiger partial charge in [0.05, 0.1) is 6.04 Å². The first-order valence-corrected chi connectivity index (χ1v) is 8.20. The van der Waals surface area contributed by atoms with Gasteiger partial charge in [-0.05, 0) is 60.5 Å². The highest BCUT2D eigenvalue weighted by Gasteiger charge is 2.18. The van der Waals surface area contributed by atoms with Crippen LogP contribution < -0.4 is 5.32 Å². The molecule has 0 radical (unpaired) electrons. The first-order valence-electron chi connectivity index (χ1n) is 6.65. The van der Waals surface area contributed by atoms with E-state index in [1.165, 1.54) is 12.1 Å². The normalized spacial score (nSPS) is 12.4. The molecule has 1 unspecified atom stereocenters. The lowest BCUT2D eigenvalue weighted by atomic mass is 9.98. The van der Waals surface area contributed by atoms with Crippen LogP contribution in [-0.2, 0) is 0 Å². The smallest absolute Gasteiger partial charge is 0.124 e. The van der Waals surface area contributed by atoms with Gasteiger partial charge in [0.15, 0.2) is 0 Å². The van der Waals surface area contributed by atoms with E-state index in [2.05, 4.69) is 28.2 Å². The van der Waals surface area contributed by atoms with Crippen LogP contribution in [0.15, 0.2) is 40.9 Å². The topological polar surface area (TPSA) is 12.0 Å². The first-order chi connectivity index (χ1) is 10.0. The van der Waals surface area contributed by atoms with Gasteiger partial charge in [0.2, 0.25) is 0 Å². The summed E-state index contributed by atoms with van der Waals surface area (Å²) in [4.78, 5) is 0. The number of benzene rings is 2. The van der Waals surface area contributed by atoms with Crippen LogP contribution in [0, 0.1) is 5.82 Å². The van der Waals surface area contributed by atoms with E-state index in [1.54, 1.807) is 12.1 Å².